The lowest BCUT2D eigenvalue weighted by Gasteiger charge is -2.32. The first-order valence-electron chi connectivity index (χ1n) is 16.9. The van der Waals surface area contributed by atoms with Crippen LogP contribution in [0.3, 0.4) is 0 Å². The van der Waals surface area contributed by atoms with Crippen molar-refractivity contribution in [2.24, 2.45) is 0 Å². The van der Waals surface area contributed by atoms with Gasteiger partial charge in [-0.1, -0.05) is 120 Å². The molecule has 0 amide bonds. The second-order valence-electron chi connectivity index (χ2n) is 15.8. The van der Waals surface area contributed by atoms with Crippen LogP contribution in [0.25, 0.3) is 22.3 Å². The first-order valence-corrected chi connectivity index (χ1v) is 16.9. The molecule has 0 atom stereocenters. The van der Waals surface area contributed by atoms with E-state index in [1.165, 1.54) is 38.9 Å². The molecule has 0 N–H and O–H groups in total. The van der Waals surface area contributed by atoms with Crippen molar-refractivity contribution >= 4 is 29.6 Å². The van der Waals surface area contributed by atoms with Crippen molar-refractivity contribution in [3.8, 4) is 22.3 Å². The third-order valence-corrected chi connectivity index (χ3v) is 10.7. The number of nitrogens with zero attached hydrogens (tertiary/aromatic N) is 1. The zero-order valence-corrected chi connectivity index (χ0v) is 29.3. The van der Waals surface area contributed by atoms with Crippen molar-refractivity contribution in [3.63, 3.8) is 0 Å². The van der Waals surface area contributed by atoms with Crippen LogP contribution in [-0.4, -0.2) is 18.3 Å². The van der Waals surface area contributed by atoms with E-state index in [1.807, 2.05) is 0 Å². The fraction of sp³-hybridized carbons (Fsp3) is 0.302. The van der Waals surface area contributed by atoms with Gasteiger partial charge in [-0.25, -0.2) is 0 Å². The van der Waals surface area contributed by atoms with E-state index < -0.39 is 18.3 Å². The fourth-order valence-corrected chi connectivity index (χ4v) is 7.08. The molecule has 2 aliphatic rings. The molecular weight excluding hydrogens is 573 g/mol. The third kappa shape index (κ3) is 5.32. The maximum Gasteiger partial charge on any atom is 0.494 e. The highest BCUT2D eigenvalue weighted by Gasteiger charge is 2.51. The molecule has 4 heteroatoms. The van der Waals surface area contributed by atoms with E-state index in [2.05, 4.69) is 182 Å². The molecule has 5 aromatic rings. The lowest BCUT2D eigenvalue weighted by molar-refractivity contribution is 0.00578. The van der Waals surface area contributed by atoms with Crippen molar-refractivity contribution in [1.82, 2.24) is 0 Å². The van der Waals surface area contributed by atoms with Crippen molar-refractivity contribution in [2.75, 3.05) is 4.90 Å². The summed E-state index contributed by atoms with van der Waals surface area (Å²) in [5.41, 5.74) is 12.7. The fourth-order valence-electron chi connectivity index (χ4n) is 7.08. The molecule has 0 unspecified atom stereocenters. The maximum absolute atomic E-state index is 6.40. The predicted octanol–water partition coefficient (Wildman–Crippen LogP) is 10.7. The van der Waals surface area contributed by atoms with Crippen LogP contribution in [0, 0.1) is 0 Å². The summed E-state index contributed by atoms with van der Waals surface area (Å²) < 4.78 is 12.8. The van der Waals surface area contributed by atoms with E-state index in [-0.39, 0.29) is 10.8 Å². The second-order valence-corrected chi connectivity index (χ2v) is 15.8. The van der Waals surface area contributed by atoms with Gasteiger partial charge in [-0.05, 0) is 102 Å². The summed E-state index contributed by atoms with van der Waals surface area (Å²) in [5, 5.41) is 0. The number of rotatable bonds is 5. The Balaban J connectivity index is 1.36. The van der Waals surface area contributed by atoms with Crippen molar-refractivity contribution in [3.05, 3.63) is 132 Å². The molecule has 7 rings (SSSR count). The normalized spacial score (nSPS) is 17.3. The largest absolute Gasteiger partial charge is 0.494 e. The molecule has 0 bridgehead atoms. The van der Waals surface area contributed by atoms with Crippen LogP contribution < -0.4 is 10.4 Å². The Kier molecular flexibility index (Phi) is 7.35. The van der Waals surface area contributed by atoms with Crippen LogP contribution >= 0.6 is 0 Å². The molecule has 3 nitrogen and oxygen atoms in total. The van der Waals surface area contributed by atoms with E-state index in [0.717, 1.165) is 22.5 Å². The van der Waals surface area contributed by atoms with Gasteiger partial charge in [-0.15, -0.1) is 0 Å². The van der Waals surface area contributed by atoms with Gasteiger partial charge in [-0.3, -0.25) is 0 Å². The molecular formula is C43H46BNO2. The SMILES string of the molecule is CC(C)(C)c1ccc(-c2ccccc2N(c2ccc(B3OC(C)(C)C(C)(C)O3)cc2)c2ccc3c(c2)C(C)(C)c2ccccc2-3)cc1. The zero-order valence-electron chi connectivity index (χ0n) is 29.3. The zero-order chi connectivity index (χ0) is 33.4. The smallest absolute Gasteiger partial charge is 0.399 e. The average Bonchev–Trinajstić information content (AvgIpc) is 3.41. The van der Waals surface area contributed by atoms with E-state index in [0.29, 0.717) is 0 Å². The van der Waals surface area contributed by atoms with E-state index >= 15 is 0 Å². The Labute approximate surface area is 281 Å². The highest BCUT2D eigenvalue weighted by Crippen LogP contribution is 2.51. The van der Waals surface area contributed by atoms with E-state index in [4.69, 9.17) is 9.31 Å². The molecule has 0 spiro atoms. The van der Waals surface area contributed by atoms with Gasteiger partial charge in [0.1, 0.15) is 0 Å². The first kappa shape index (κ1) is 31.5. The molecule has 0 saturated carbocycles. The van der Waals surface area contributed by atoms with Crippen molar-refractivity contribution in [2.45, 2.75) is 84.3 Å². The standard InChI is InChI=1S/C43H46BNO2/c1-40(2,3)30-20-18-29(19-21-30)34-14-11-13-17-39(34)45(32-24-22-31(23-25-32)44-46-42(6,7)43(8,9)47-44)33-26-27-36-35-15-10-12-16-37(35)41(4,5)38(36)28-33/h10-28H,1-9H3. The van der Waals surface area contributed by atoms with Crippen LogP contribution in [0.5, 0.6) is 0 Å². The molecule has 1 fully saturated rings. The van der Waals surface area contributed by atoms with Crippen LogP contribution in [0.2, 0.25) is 0 Å². The van der Waals surface area contributed by atoms with Gasteiger partial charge in [0, 0.05) is 22.4 Å². The molecule has 47 heavy (non-hydrogen) atoms. The number of anilines is 3. The molecule has 1 aliphatic carbocycles. The van der Waals surface area contributed by atoms with Crippen LogP contribution in [0.4, 0.5) is 17.1 Å². The van der Waals surface area contributed by atoms with Gasteiger partial charge in [0.2, 0.25) is 0 Å². The number of para-hydroxylation sites is 1. The number of hydrogen-bond donors (Lipinski definition) is 0. The predicted molar refractivity (Wildman–Crippen MR) is 199 cm³/mol. The topological polar surface area (TPSA) is 21.7 Å². The van der Waals surface area contributed by atoms with Crippen LogP contribution in [0.15, 0.2) is 115 Å². The molecule has 0 aromatic heterocycles. The molecule has 5 aromatic carbocycles. The van der Waals surface area contributed by atoms with E-state index in [9.17, 15) is 0 Å². The number of hydrogen-bond acceptors (Lipinski definition) is 3. The maximum atomic E-state index is 6.40. The quantitative estimate of drug-likeness (QED) is 0.183. The lowest BCUT2D eigenvalue weighted by Crippen LogP contribution is -2.41. The molecule has 238 valence electrons. The van der Waals surface area contributed by atoms with Gasteiger partial charge in [-0.2, -0.15) is 0 Å². The monoisotopic (exact) mass is 619 g/mol. The van der Waals surface area contributed by atoms with E-state index in [1.54, 1.807) is 0 Å². The minimum Gasteiger partial charge on any atom is -0.399 e. The Morgan fingerprint density at radius 3 is 1.74 bits per heavy atom. The van der Waals surface area contributed by atoms with Gasteiger partial charge in [0.05, 0.1) is 16.9 Å². The Bertz CT molecular complexity index is 1930. The summed E-state index contributed by atoms with van der Waals surface area (Å²) in [4.78, 5) is 2.40. The molecule has 1 aliphatic heterocycles. The minimum atomic E-state index is -0.407. The highest BCUT2D eigenvalue weighted by molar-refractivity contribution is 6.62. The lowest BCUT2D eigenvalue weighted by atomic mass is 9.79. The van der Waals surface area contributed by atoms with Gasteiger partial charge < -0.3 is 14.2 Å². The Morgan fingerprint density at radius 1 is 0.553 bits per heavy atom. The summed E-state index contributed by atoms with van der Waals surface area (Å²) in [6.45, 7) is 19.9. The average molecular weight is 620 g/mol. The van der Waals surface area contributed by atoms with Gasteiger partial charge >= 0.3 is 7.12 Å². The Morgan fingerprint density at radius 2 is 1.11 bits per heavy atom. The summed E-state index contributed by atoms with van der Waals surface area (Å²) >= 11 is 0. The Hall–Kier alpha value is -4.12. The third-order valence-electron chi connectivity index (χ3n) is 10.7. The number of benzene rings is 5. The highest BCUT2D eigenvalue weighted by atomic mass is 16.7. The summed E-state index contributed by atoms with van der Waals surface area (Å²) in [7, 11) is -0.407. The summed E-state index contributed by atoms with van der Waals surface area (Å²) in [6, 6.07) is 42.3. The number of fused-ring (bicyclic) bond motifs is 3. The van der Waals surface area contributed by atoms with Crippen molar-refractivity contribution < 1.29 is 9.31 Å². The minimum absolute atomic E-state index is 0.0950. The summed E-state index contributed by atoms with van der Waals surface area (Å²) in [5.74, 6) is 0. The summed E-state index contributed by atoms with van der Waals surface area (Å²) in [6.07, 6.45) is 0. The molecule has 1 saturated heterocycles. The molecule has 1 heterocycles. The van der Waals surface area contributed by atoms with Crippen LogP contribution in [-0.2, 0) is 20.1 Å². The molecule has 0 radical (unpaired) electrons. The second kappa shape index (κ2) is 11.0. The van der Waals surface area contributed by atoms with Crippen LogP contribution in [0.1, 0.15) is 79.0 Å². The first-order chi connectivity index (χ1) is 22.2. The van der Waals surface area contributed by atoms with Gasteiger partial charge in [0.15, 0.2) is 0 Å². The van der Waals surface area contributed by atoms with Crippen molar-refractivity contribution in [1.29, 1.82) is 0 Å². The van der Waals surface area contributed by atoms with Gasteiger partial charge in [0.25, 0.3) is 0 Å².